The predicted molar refractivity (Wildman–Crippen MR) is 108 cm³/mol. The third-order valence-corrected chi connectivity index (χ3v) is 4.77. The van der Waals surface area contributed by atoms with E-state index in [4.69, 9.17) is 9.47 Å². The Balaban J connectivity index is 1.87. The molecule has 0 amide bonds. The first-order chi connectivity index (χ1) is 17.0. The van der Waals surface area contributed by atoms with Crippen LogP contribution < -0.4 is 9.47 Å². The number of rotatable bonds is 5. The molecule has 2 N–H and O–H groups in total. The smallest absolute Gasteiger partial charge is 0.205 e. The van der Waals surface area contributed by atoms with Gasteiger partial charge in [-0.2, -0.15) is 17.6 Å². The molecule has 4 rings (SSSR count). The van der Waals surface area contributed by atoms with Crippen molar-refractivity contribution in [3.05, 3.63) is 95.1 Å². The third-order valence-electron chi connectivity index (χ3n) is 4.77. The van der Waals surface area contributed by atoms with Crippen molar-refractivity contribution in [2.24, 2.45) is 0 Å². The van der Waals surface area contributed by atoms with Crippen molar-refractivity contribution in [3.8, 4) is 45.6 Å². The number of ether oxygens (including phenoxy) is 2. The summed E-state index contributed by atoms with van der Waals surface area (Å²) < 4.78 is 127. The van der Waals surface area contributed by atoms with E-state index in [1.165, 1.54) is 0 Å². The van der Waals surface area contributed by atoms with Gasteiger partial charge in [0.2, 0.25) is 34.8 Å². The molecule has 12 heteroatoms. The van der Waals surface area contributed by atoms with Crippen LogP contribution in [0.2, 0.25) is 0 Å². The maximum absolute atomic E-state index is 14.7. The minimum atomic E-state index is -2.43. The Kier molecular flexibility index (Phi) is 6.35. The molecule has 0 aliphatic heterocycles. The van der Waals surface area contributed by atoms with Crippen LogP contribution in [-0.2, 0) is 0 Å². The molecule has 4 aromatic rings. The fraction of sp³-hybridized carbons (Fsp3) is 0. The summed E-state index contributed by atoms with van der Waals surface area (Å²) in [6, 6.07) is 8.39. The van der Waals surface area contributed by atoms with Gasteiger partial charge in [-0.3, -0.25) is 0 Å². The van der Waals surface area contributed by atoms with Gasteiger partial charge in [-0.1, -0.05) is 12.1 Å². The van der Waals surface area contributed by atoms with Crippen molar-refractivity contribution in [2.75, 3.05) is 0 Å². The van der Waals surface area contributed by atoms with E-state index in [0.29, 0.717) is 0 Å². The van der Waals surface area contributed by atoms with Gasteiger partial charge in [0.15, 0.2) is 23.3 Å². The van der Waals surface area contributed by atoms with E-state index in [1.54, 1.807) is 0 Å². The van der Waals surface area contributed by atoms with E-state index in [2.05, 4.69) is 0 Å². The van der Waals surface area contributed by atoms with Gasteiger partial charge in [-0.05, 0) is 24.3 Å². The second-order valence-electron chi connectivity index (χ2n) is 7.12. The SMILES string of the molecule is Oc1cccc(Oc2c(F)c(F)c(-c3c(F)c(F)c(Oc4cccc(O)c4)c(F)c3F)c(F)c2F)c1. The number of benzene rings is 4. The van der Waals surface area contributed by atoms with Crippen LogP contribution in [0.3, 0.4) is 0 Å². The zero-order chi connectivity index (χ0) is 26.3. The normalized spacial score (nSPS) is 11.0. The standard InChI is InChI=1S/C24H10F8O4/c25-15-13(16(26)20(30)23(19(15)29)35-11-5-1-3-9(33)7-11)14-17(27)21(31)24(22(32)18(14)28)36-12-6-2-4-10(34)8-12/h1-8,33-34H. The van der Waals surface area contributed by atoms with Gasteiger partial charge < -0.3 is 19.7 Å². The highest BCUT2D eigenvalue weighted by Gasteiger charge is 2.35. The molecular weight excluding hydrogens is 504 g/mol. The first-order valence-corrected chi connectivity index (χ1v) is 9.67. The Morgan fingerprint density at radius 3 is 1.03 bits per heavy atom. The van der Waals surface area contributed by atoms with Crippen molar-refractivity contribution in [1.82, 2.24) is 0 Å². The summed E-state index contributed by atoms with van der Waals surface area (Å²) in [4.78, 5) is 0. The van der Waals surface area contributed by atoms with Crippen molar-refractivity contribution in [2.45, 2.75) is 0 Å². The molecule has 4 nitrogen and oxygen atoms in total. The van der Waals surface area contributed by atoms with E-state index < -0.39 is 92.2 Å². The molecule has 0 spiro atoms. The minimum absolute atomic E-state index is 0.436. The summed E-state index contributed by atoms with van der Waals surface area (Å²) >= 11 is 0. The molecule has 0 aliphatic rings. The highest BCUT2D eigenvalue weighted by Crippen LogP contribution is 2.43. The van der Waals surface area contributed by atoms with Crippen LogP contribution in [0.4, 0.5) is 35.1 Å². The number of hydrogen-bond donors (Lipinski definition) is 2. The van der Waals surface area contributed by atoms with Crippen molar-refractivity contribution >= 4 is 0 Å². The van der Waals surface area contributed by atoms with Gasteiger partial charge in [0, 0.05) is 12.1 Å². The highest BCUT2D eigenvalue weighted by atomic mass is 19.2. The Morgan fingerprint density at radius 1 is 0.444 bits per heavy atom. The van der Waals surface area contributed by atoms with Gasteiger partial charge in [-0.15, -0.1) is 0 Å². The molecule has 0 aromatic heterocycles. The molecule has 36 heavy (non-hydrogen) atoms. The van der Waals surface area contributed by atoms with Crippen LogP contribution in [0, 0.1) is 46.5 Å². The summed E-state index contributed by atoms with van der Waals surface area (Å²) in [5.74, 6) is -24.0. The molecule has 0 atom stereocenters. The van der Waals surface area contributed by atoms with Crippen molar-refractivity contribution in [1.29, 1.82) is 0 Å². The molecule has 0 fully saturated rings. The average molecular weight is 514 g/mol. The maximum Gasteiger partial charge on any atom is 0.205 e. The molecule has 4 aromatic carbocycles. The predicted octanol–water partition coefficient (Wildman–Crippen LogP) is 7.46. The topological polar surface area (TPSA) is 58.9 Å². The van der Waals surface area contributed by atoms with Gasteiger partial charge in [0.25, 0.3) is 0 Å². The molecule has 0 aliphatic carbocycles. The Bertz CT molecular complexity index is 1340. The van der Waals surface area contributed by atoms with Gasteiger partial charge in [-0.25, -0.2) is 17.6 Å². The zero-order valence-corrected chi connectivity index (χ0v) is 17.4. The fourth-order valence-corrected chi connectivity index (χ4v) is 3.17. The Labute approximate surface area is 196 Å². The van der Waals surface area contributed by atoms with Crippen molar-refractivity contribution in [3.63, 3.8) is 0 Å². The summed E-state index contributed by atoms with van der Waals surface area (Å²) in [7, 11) is 0. The fourth-order valence-electron chi connectivity index (χ4n) is 3.17. The zero-order valence-electron chi connectivity index (χ0n) is 17.4. The van der Waals surface area contributed by atoms with E-state index in [9.17, 15) is 45.3 Å². The summed E-state index contributed by atoms with van der Waals surface area (Å²) in [6.07, 6.45) is 0. The lowest BCUT2D eigenvalue weighted by atomic mass is 10.0. The number of phenols is 2. The molecule has 0 saturated carbocycles. The summed E-state index contributed by atoms with van der Waals surface area (Å²) in [5, 5.41) is 18.8. The average Bonchev–Trinajstić information content (AvgIpc) is 2.84. The van der Waals surface area contributed by atoms with Crippen LogP contribution in [0.5, 0.6) is 34.5 Å². The number of phenolic OH excluding ortho intramolecular Hbond substituents is 2. The lowest BCUT2D eigenvalue weighted by Crippen LogP contribution is -2.09. The van der Waals surface area contributed by atoms with E-state index in [-0.39, 0.29) is 0 Å². The van der Waals surface area contributed by atoms with Crippen LogP contribution >= 0.6 is 0 Å². The summed E-state index contributed by atoms with van der Waals surface area (Å²) in [5.41, 5.74) is -4.19. The second kappa shape index (κ2) is 9.29. The molecule has 0 radical (unpaired) electrons. The number of aromatic hydroxyl groups is 2. The molecule has 0 heterocycles. The minimum Gasteiger partial charge on any atom is -0.508 e. The molecule has 0 saturated heterocycles. The first-order valence-electron chi connectivity index (χ1n) is 9.67. The number of halogens is 8. The molecule has 0 unspecified atom stereocenters. The van der Waals surface area contributed by atoms with Gasteiger partial charge in [0.05, 0.1) is 11.1 Å². The molecular formula is C24H10F8O4. The lowest BCUT2D eigenvalue weighted by molar-refractivity contribution is 0.359. The lowest BCUT2D eigenvalue weighted by Gasteiger charge is -2.16. The first kappa shape index (κ1) is 24.6. The van der Waals surface area contributed by atoms with E-state index in [1.807, 2.05) is 0 Å². The van der Waals surface area contributed by atoms with Crippen molar-refractivity contribution < 1.29 is 54.8 Å². The van der Waals surface area contributed by atoms with Crippen LogP contribution in [0.15, 0.2) is 48.5 Å². The third kappa shape index (κ3) is 4.21. The molecule has 186 valence electrons. The largest absolute Gasteiger partial charge is 0.508 e. The van der Waals surface area contributed by atoms with E-state index in [0.717, 1.165) is 48.5 Å². The molecule has 0 bridgehead atoms. The maximum atomic E-state index is 14.7. The second-order valence-corrected chi connectivity index (χ2v) is 7.12. The van der Waals surface area contributed by atoms with Gasteiger partial charge in [0.1, 0.15) is 23.0 Å². The Morgan fingerprint density at radius 2 is 0.750 bits per heavy atom. The highest BCUT2D eigenvalue weighted by molar-refractivity contribution is 5.69. The van der Waals surface area contributed by atoms with E-state index >= 15 is 0 Å². The Hall–Kier alpha value is -4.48. The number of hydrogen-bond acceptors (Lipinski definition) is 4. The monoisotopic (exact) mass is 514 g/mol. The van der Waals surface area contributed by atoms with Gasteiger partial charge >= 0.3 is 0 Å². The van der Waals surface area contributed by atoms with Crippen LogP contribution in [0.1, 0.15) is 0 Å². The quantitative estimate of drug-likeness (QED) is 0.214. The summed E-state index contributed by atoms with van der Waals surface area (Å²) in [6.45, 7) is 0. The van der Waals surface area contributed by atoms with Crippen LogP contribution in [-0.4, -0.2) is 10.2 Å². The van der Waals surface area contributed by atoms with Crippen LogP contribution in [0.25, 0.3) is 11.1 Å².